The first-order valence-electron chi connectivity index (χ1n) is 5.24. The Balaban J connectivity index is 2.04. The number of methoxy groups -OCH3 is 1. The average Bonchev–Trinajstić information content (AvgIpc) is 2.86. The summed E-state index contributed by atoms with van der Waals surface area (Å²) in [5, 5.41) is 7.80. The van der Waals surface area contributed by atoms with Crippen molar-refractivity contribution < 1.29 is 13.9 Å². The average molecular weight is 232 g/mol. The number of aromatic nitrogens is 2. The smallest absolute Gasteiger partial charge is 0.306 e. The van der Waals surface area contributed by atoms with E-state index in [2.05, 4.69) is 14.9 Å². The molecule has 0 aliphatic rings. The highest BCUT2D eigenvalue weighted by Crippen LogP contribution is 2.17. The van der Waals surface area contributed by atoms with Gasteiger partial charge in [-0.1, -0.05) is 18.2 Å². The van der Waals surface area contributed by atoms with Gasteiger partial charge in [-0.3, -0.25) is 4.79 Å². The first-order valence-corrected chi connectivity index (χ1v) is 5.24. The van der Waals surface area contributed by atoms with Crippen molar-refractivity contribution in [1.29, 1.82) is 0 Å². The van der Waals surface area contributed by atoms with Crippen LogP contribution in [0.3, 0.4) is 0 Å². The summed E-state index contributed by atoms with van der Waals surface area (Å²) in [4.78, 5) is 10.9. The number of carbonyl (C=O) groups is 1. The molecule has 0 N–H and O–H groups in total. The predicted molar refractivity (Wildman–Crippen MR) is 60.1 cm³/mol. The lowest BCUT2D eigenvalue weighted by Crippen LogP contribution is -2.01. The van der Waals surface area contributed by atoms with Crippen molar-refractivity contribution in [2.24, 2.45) is 0 Å². The molecule has 0 aliphatic carbocycles. The largest absolute Gasteiger partial charge is 0.469 e. The van der Waals surface area contributed by atoms with Gasteiger partial charge in [0.25, 0.3) is 0 Å². The Hall–Kier alpha value is -2.17. The molecule has 0 saturated heterocycles. The molecule has 5 heteroatoms. The molecule has 0 bridgehead atoms. The molecule has 0 atom stereocenters. The molecule has 0 spiro atoms. The van der Waals surface area contributed by atoms with Gasteiger partial charge in [0.05, 0.1) is 13.5 Å². The van der Waals surface area contributed by atoms with Crippen molar-refractivity contribution in [1.82, 2.24) is 10.2 Å². The molecule has 1 aromatic heterocycles. The summed E-state index contributed by atoms with van der Waals surface area (Å²) in [6.45, 7) is 0. The van der Waals surface area contributed by atoms with Gasteiger partial charge in [-0.25, -0.2) is 0 Å². The van der Waals surface area contributed by atoms with Crippen LogP contribution in [0.15, 0.2) is 34.7 Å². The van der Waals surface area contributed by atoms with E-state index in [1.165, 1.54) is 7.11 Å². The van der Waals surface area contributed by atoms with Crippen molar-refractivity contribution in [3.8, 4) is 11.5 Å². The van der Waals surface area contributed by atoms with E-state index in [0.29, 0.717) is 18.2 Å². The van der Waals surface area contributed by atoms with E-state index in [1.54, 1.807) is 0 Å². The van der Waals surface area contributed by atoms with Crippen molar-refractivity contribution >= 4 is 5.97 Å². The second-order valence-electron chi connectivity index (χ2n) is 3.44. The second kappa shape index (κ2) is 5.25. The summed E-state index contributed by atoms with van der Waals surface area (Å²) in [7, 11) is 1.35. The number of nitrogens with zero attached hydrogens (tertiary/aromatic N) is 2. The van der Waals surface area contributed by atoms with E-state index in [0.717, 1.165) is 5.56 Å². The Morgan fingerprint density at radius 1 is 1.29 bits per heavy atom. The van der Waals surface area contributed by atoms with Crippen molar-refractivity contribution in [3.05, 3.63) is 36.2 Å². The Labute approximate surface area is 98.4 Å². The monoisotopic (exact) mass is 232 g/mol. The molecular formula is C12H12N2O3. The zero-order valence-electron chi connectivity index (χ0n) is 9.42. The topological polar surface area (TPSA) is 65.2 Å². The van der Waals surface area contributed by atoms with Gasteiger partial charge in [-0.05, 0) is 12.1 Å². The standard InChI is InChI=1S/C12H12N2O3/c1-16-11(15)8-7-10-13-14-12(17-10)9-5-3-2-4-6-9/h2-6H,7-8H2,1H3. The summed E-state index contributed by atoms with van der Waals surface area (Å²) >= 11 is 0. The highest BCUT2D eigenvalue weighted by atomic mass is 16.5. The maximum atomic E-state index is 10.9. The van der Waals surface area contributed by atoms with Gasteiger partial charge in [-0.2, -0.15) is 0 Å². The third-order valence-electron chi connectivity index (χ3n) is 2.26. The quantitative estimate of drug-likeness (QED) is 0.752. The zero-order valence-corrected chi connectivity index (χ0v) is 9.42. The molecule has 0 unspecified atom stereocenters. The number of benzene rings is 1. The van der Waals surface area contributed by atoms with Crippen molar-refractivity contribution in [2.75, 3.05) is 7.11 Å². The lowest BCUT2D eigenvalue weighted by molar-refractivity contribution is -0.140. The number of ether oxygens (including phenoxy) is 1. The molecule has 0 saturated carbocycles. The number of hydrogen-bond donors (Lipinski definition) is 0. The molecule has 88 valence electrons. The Morgan fingerprint density at radius 3 is 2.76 bits per heavy atom. The Bertz CT molecular complexity index is 493. The predicted octanol–water partition coefficient (Wildman–Crippen LogP) is 1.84. The minimum Gasteiger partial charge on any atom is -0.469 e. The van der Waals surface area contributed by atoms with Crippen LogP contribution >= 0.6 is 0 Å². The second-order valence-corrected chi connectivity index (χ2v) is 3.44. The molecule has 0 radical (unpaired) electrons. The summed E-state index contributed by atoms with van der Waals surface area (Å²) in [5.41, 5.74) is 0.865. The van der Waals surface area contributed by atoms with E-state index in [9.17, 15) is 4.79 Å². The summed E-state index contributed by atoms with van der Waals surface area (Å²) in [6, 6.07) is 9.48. The van der Waals surface area contributed by atoms with Crippen LogP contribution in [-0.4, -0.2) is 23.3 Å². The molecule has 5 nitrogen and oxygen atoms in total. The third kappa shape index (κ3) is 2.90. The fourth-order valence-corrected chi connectivity index (χ4v) is 1.36. The molecule has 0 amide bonds. The Morgan fingerprint density at radius 2 is 2.06 bits per heavy atom. The summed E-state index contributed by atoms with van der Waals surface area (Å²) in [6.07, 6.45) is 0.638. The first-order chi connectivity index (χ1) is 8.29. The van der Waals surface area contributed by atoms with Crippen molar-refractivity contribution in [2.45, 2.75) is 12.8 Å². The zero-order chi connectivity index (χ0) is 12.1. The van der Waals surface area contributed by atoms with Gasteiger partial charge < -0.3 is 9.15 Å². The molecular weight excluding hydrogens is 220 g/mol. The molecule has 2 aromatic rings. The molecule has 1 heterocycles. The van der Waals surface area contributed by atoms with Crippen LogP contribution in [0, 0.1) is 0 Å². The van der Waals surface area contributed by atoms with Gasteiger partial charge in [0.15, 0.2) is 0 Å². The minimum absolute atomic E-state index is 0.243. The van der Waals surface area contributed by atoms with Gasteiger partial charge >= 0.3 is 5.97 Å². The highest BCUT2D eigenvalue weighted by Gasteiger charge is 2.09. The van der Waals surface area contributed by atoms with Crippen LogP contribution < -0.4 is 0 Å². The summed E-state index contributed by atoms with van der Waals surface area (Å²) < 4.78 is 9.97. The first kappa shape index (κ1) is 11.3. The van der Waals surface area contributed by atoms with E-state index in [4.69, 9.17) is 4.42 Å². The highest BCUT2D eigenvalue weighted by molar-refractivity contribution is 5.69. The van der Waals surface area contributed by atoms with Crippen molar-refractivity contribution in [3.63, 3.8) is 0 Å². The molecule has 1 aromatic carbocycles. The Kier molecular flexibility index (Phi) is 3.49. The maximum Gasteiger partial charge on any atom is 0.306 e. The maximum absolute atomic E-state index is 10.9. The van der Waals surface area contributed by atoms with Crippen LogP contribution in [0.2, 0.25) is 0 Å². The number of carbonyl (C=O) groups excluding carboxylic acids is 1. The number of aryl methyl sites for hydroxylation is 1. The van der Waals surface area contributed by atoms with Crippen LogP contribution in [0.5, 0.6) is 0 Å². The van der Waals surface area contributed by atoms with Crippen LogP contribution in [0.25, 0.3) is 11.5 Å². The minimum atomic E-state index is -0.288. The molecule has 2 rings (SSSR count). The normalized spacial score (nSPS) is 10.2. The third-order valence-corrected chi connectivity index (χ3v) is 2.26. The molecule has 0 aliphatic heterocycles. The fraction of sp³-hybridized carbons (Fsp3) is 0.250. The van der Waals surface area contributed by atoms with Gasteiger partial charge in [0, 0.05) is 12.0 Å². The van der Waals surface area contributed by atoms with E-state index < -0.39 is 0 Å². The lowest BCUT2D eigenvalue weighted by atomic mass is 10.2. The number of rotatable bonds is 4. The molecule has 17 heavy (non-hydrogen) atoms. The van der Waals surface area contributed by atoms with Gasteiger partial charge in [0.2, 0.25) is 11.8 Å². The van der Waals surface area contributed by atoms with Gasteiger partial charge in [-0.15, -0.1) is 10.2 Å². The van der Waals surface area contributed by atoms with E-state index in [-0.39, 0.29) is 12.4 Å². The summed E-state index contributed by atoms with van der Waals surface area (Å²) in [5.74, 6) is 0.615. The van der Waals surface area contributed by atoms with Crippen LogP contribution in [0.1, 0.15) is 12.3 Å². The van der Waals surface area contributed by atoms with Crippen LogP contribution in [0.4, 0.5) is 0 Å². The van der Waals surface area contributed by atoms with Crippen LogP contribution in [-0.2, 0) is 16.0 Å². The number of hydrogen-bond acceptors (Lipinski definition) is 5. The lowest BCUT2D eigenvalue weighted by Gasteiger charge is -1.95. The van der Waals surface area contributed by atoms with E-state index >= 15 is 0 Å². The number of esters is 1. The van der Waals surface area contributed by atoms with Gasteiger partial charge in [0.1, 0.15) is 0 Å². The molecule has 0 fully saturated rings. The van der Waals surface area contributed by atoms with E-state index in [1.807, 2.05) is 30.3 Å². The fourth-order valence-electron chi connectivity index (χ4n) is 1.36. The SMILES string of the molecule is COC(=O)CCc1nnc(-c2ccccc2)o1.